The van der Waals surface area contributed by atoms with Crippen LogP contribution in [0.15, 0.2) is 23.5 Å². The third kappa shape index (κ3) is 0.832. The molecule has 0 bridgehead atoms. The van der Waals surface area contributed by atoms with Gasteiger partial charge in [0, 0.05) is 0 Å². The van der Waals surface area contributed by atoms with E-state index in [9.17, 15) is 0 Å². The minimum Gasteiger partial charge on any atom is -0.697 e. The van der Waals surface area contributed by atoms with Crippen molar-refractivity contribution in [1.29, 1.82) is 0 Å². The minimum absolute atomic E-state index is 0.483. The molecule has 0 aromatic heterocycles. The fourth-order valence-corrected chi connectivity index (χ4v) is 0.682. The van der Waals surface area contributed by atoms with Gasteiger partial charge in [-0.05, 0) is 18.5 Å². The Balaban J connectivity index is 2.76. The lowest BCUT2D eigenvalue weighted by atomic mass is 10.1. The van der Waals surface area contributed by atoms with Gasteiger partial charge in [-0.3, -0.25) is 0 Å². The van der Waals surface area contributed by atoms with Crippen LogP contribution in [0.5, 0.6) is 0 Å². The van der Waals surface area contributed by atoms with E-state index in [1.807, 2.05) is 6.08 Å². The Kier molecular flexibility index (Phi) is 1.24. The van der Waals surface area contributed by atoms with Crippen molar-refractivity contribution in [2.45, 2.75) is 12.8 Å². The lowest BCUT2D eigenvalue weighted by molar-refractivity contribution is 0.931. The first-order valence-electron chi connectivity index (χ1n) is 2.67. The highest BCUT2D eigenvalue weighted by Gasteiger charge is 1.92. The van der Waals surface area contributed by atoms with Crippen molar-refractivity contribution in [3.63, 3.8) is 0 Å². The molecule has 44 valence electrons. The summed E-state index contributed by atoms with van der Waals surface area (Å²) in [6.45, 7) is 0. The number of rotatable bonds is 0. The van der Waals surface area contributed by atoms with E-state index in [1.165, 1.54) is 0 Å². The molecule has 2 heteroatoms. The van der Waals surface area contributed by atoms with Crippen LogP contribution in [0.1, 0.15) is 12.8 Å². The van der Waals surface area contributed by atoms with E-state index in [-0.39, 0.29) is 0 Å². The Labute approximate surface area is 48.9 Å². The van der Waals surface area contributed by atoms with Crippen LogP contribution in [0, 0.1) is 0 Å². The van der Waals surface area contributed by atoms with Gasteiger partial charge in [-0.25, -0.2) is 0 Å². The summed E-state index contributed by atoms with van der Waals surface area (Å²) in [7, 11) is 0. The normalized spacial score (nSPS) is 19.5. The van der Waals surface area contributed by atoms with E-state index in [1.54, 1.807) is 6.08 Å². The molecule has 0 aliphatic heterocycles. The summed E-state index contributed by atoms with van der Waals surface area (Å²) >= 11 is 0. The highest BCUT2D eigenvalue weighted by molar-refractivity contribution is 5.30. The SMILES string of the molecule is [NH-]C1=C(N)CCC=C1. The van der Waals surface area contributed by atoms with E-state index in [2.05, 4.69) is 0 Å². The largest absolute Gasteiger partial charge is 0.697 e. The van der Waals surface area contributed by atoms with Gasteiger partial charge in [0.25, 0.3) is 0 Å². The Morgan fingerprint density at radius 2 is 2.38 bits per heavy atom. The van der Waals surface area contributed by atoms with Crippen molar-refractivity contribution in [3.8, 4) is 0 Å². The van der Waals surface area contributed by atoms with Crippen molar-refractivity contribution in [3.05, 3.63) is 29.3 Å². The molecule has 0 saturated heterocycles. The molecule has 0 fully saturated rings. The van der Waals surface area contributed by atoms with Crippen molar-refractivity contribution in [2.24, 2.45) is 5.73 Å². The van der Waals surface area contributed by atoms with Crippen LogP contribution >= 0.6 is 0 Å². The van der Waals surface area contributed by atoms with Crippen LogP contribution in [0.25, 0.3) is 5.73 Å². The zero-order valence-electron chi connectivity index (χ0n) is 4.65. The predicted molar refractivity (Wildman–Crippen MR) is 33.9 cm³/mol. The Morgan fingerprint density at radius 3 is 2.75 bits per heavy atom. The Morgan fingerprint density at radius 1 is 1.62 bits per heavy atom. The molecule has 0 heterocycles. The highest BCUT2D eigenvalue weighted by Crippen LogP contribution is 2.13. The van der Waals surface area contributed by atoms with Crippen molar-refractivity contribution < 1.29 is 0 Å². The number of nitrogens with one attached hydrogen (secondary N) is 1. The van der Waals surface area contributed by atoms with Crippen molar-refractivity contribution in [2.75, 3.05) is 0 Å². The number of hydrogen-bond donors (Lipinski definition) is 1. The fraction of sp³-hybridized carbons (Fsp3) is 0.333. The first kappa shape index (κ1) is 5.22. The fourth-order valence-electron chi connectivity index (χ4n) is 0.682. The quantitative estimate of drug-likeness (QED) is 0.504. The average Bonchev–Trinajstić information content (AvgIpc) is 1.77. The summed E-state index contributed by atoms with van der Waals surface area (Å²) in [4.78, 5) is 0. The predicted octanol–water partition coefficient (Wildman–Crippen LogP) is 1.56. The monoisotopic (exact) mass is 109 g/mol. The topological polar surface area (TPSA) is 49.8 Å². The summed E-state index contributed by atoms with van der Waals surface area (Å²) in [5.41, 5.74) is 13.8. The summed E-state index contributed by atoms with van der Waals surface area (Å²) in [5.74, 6) is 0. The number of nitrogens with two attached hydrogens (primary N) is 1. The molecule has 0 saturated carbocycles. The van der Waals surface area contributed by atoms with Crippen LogP contribution in [0.3, 0.4) is 0 Å². The second kappa shape index (κ2) is 1.90. The third-order valence-electron chi connectivity index (χ3n) is 1.21. The van der Waals surface area contributed by atoms with Crippen molar-refractivity contribution >= 4 is 0 Å². The van der Waals surface area contributed by atoms with Gasteiger partial charge in [-0.2, -0.15) is 0 Å². The summed E-state index contributed by atoms with van der Waals surface area (Å²) < 4.78 is 0. The first-order chi connectivity index (χ1) is 3.80. The summed E-state index contributed by atoms with van der Waals surface area (Å²) in [5, 5.41) is 0. The van der Waals surface area contributed by atoms with E-state index >= 15 is 0 Å². The van der Waals surface area contributed by atoms with Gasteiger partial charge < -0.3 is 11.5 Å². The van der Waals surface area contributed by atoms with Gasteiger partial charge in [0.2, 0.25) is 0 Å². The minimum atomic E-state index is 0.483. The van der Waals surface area contributed by atoms with E-state index < -0.39 is 0 Å². The molecule has 0 aromatic carbocycles. The molecule has 2 nitrogen and oxygen atoms in total. The molecule has 0 radical (unpaired) electrons. The lowest BCUT2D eigenvalue weighted by Crippen LogP contribution is -2.01. The molecular weight excluding hydrogens is 100 g/mol. The van der Waals surface area contributed by atoms with Crippen LogP contribution in [0.4, 0.5) is 0 Å². The molecule has 1 rings (SSSR count). The Bertz CT molecular complexity index is 145. The van der Waals surface area contributed by atoms with E-state index in [0.717, 1.165) is 12.8 Å². The zero-order chi connectivity index (χ0) is 5.98. The maximum atomic E-state index is 7.15. The van der Waals surface area contributed by atoms with Gasteiger partial charge in [-0.1, -0.05) is 12.2 Å². The van der Waals surface area contributed by atoms with Gasteiger partial charge in [0.15, 0.2) is 0 Å². The van der Waals surface area contributed by atoms with Crippen LogP contribution < -0.4 is 5.73 Å². The van der Waals surface area contributed by atoms with Crippen molar-refractivity contribution in [1.82, 2.24) is 0 Å². The third-order valence-corrected chi connectivity index (χ3v) is 1.21. The van der Waals surface area contributed by atoms with Crippen LogP contribution in [-0.4, -0.2) is 0 Å². The second-order valence-electron chi connectivity index (χ2n) is 1.88. The molecule has 0 spiro atoms. The molecule has 0 unspecified atom stereocenters. The molecule has 0 atom stereocenters. The highest BCUT2D eigenvalue weighted by atomic mass is 14.7. The average molecular weight is 109 g/mol. The lowest BCUT2D eigenvalue weighted by Gasteiger charge is -2.13. The smallest absolute Gasteiger partial charge is 0.00699 e. The molecule has 1 aliphatic rings. The molecule has 0 aromatic rings. The summed E-state index contributed by atoms with van der Waals surface area (Å²) in [6.07, 6.45) is 5.57. The summed E-state index contributed by atoms with van der Waals surface area (Å²) in [6, 6.07) is 0. The van der Waals surface area contributed by atoms with Crippen LogP contribution in [-0.2, 0) is 0 Å². The van der Waals surface area contributed by atoms with Gasteiger partial charge >= 0.3 is 0 Å². The van der Waals surface area contributed by atoms with Gasteiger partial charge in [0.05, 0.1) is 0 Å². The number of hydrogen-bond acceptors (Lipinski definition) is 1. The molecular formula is C6H9N2-. The number of allylic oxidation sites excluding steroid dienone is 3. The van der Waals surface area contributed by atoms with E-state index in [4.69, 9.17) is 11.5 Å². The maximum Gasteiger partial charge on any atom is -0.00699 e. The zero-order valence-corrected chi connectivity index (χ0v) is 4.65. The molecule has 3 N–H and O–H groups in total. The molecule has 0 amide bonds. The van der Waals surface area contributed by atoms with E-state index in [0.29, 0.717) is 11.4 Å². The Hall–Kier alpha value is -0.920. The molecule has 1 aliphatic carbocycles. The van der Waals surface area contributed by atoms with Gasteiger partial charge in [-0.15, -0.1) is 5.70 Å². The standard InChI is InChI=1S/C6H9N2/c7-5-3-1-2-4-6(5)8/h1,3,7H,2,4,8H2/q-1. The van der Waals surface area contributed by atoms with Gasteiger partial charge in [0.1, 0.15) is 0 Å². The first-order valence-corrected chi connectivity index (χ1v) is 2.67. The molecule has 8 heavy (non-hydrogen) atoms. The maximum absolute atomic E-state index is 7.15. The second-order valence-corrected chi connectivity index (χ2v) is 1.88. The van der Waals surface area contributed by atoms with Crippen LogP contribution in [0.2, 0.25) is 0 Å².